The summed E-state index contributed by atoms with van der Waals surface area (Å²) in [7, 11) is 0. The van der Waals surface area contributed by atoms with Gasteiger partial charge in [0, 0.05) is 12.1 Å². The molecule has 1 atom stereocenters. The van der Waals surface area contributed by atoms with Crippen LogP contribution in [0.3, 0.4) is 0 Å². The fourth-order valence-corrected chi connectivity index (χ4v) is 2.28. The molecular formula is C17H18F3N. The molecule has 0 aliphatic carbocycles. The van der Waals surface area contributed by atoms with E-state index in [1.54, 1.807) is 0 Å². The zero-order valence-corrected chi connectivity index (χ0v) is 12.0. The normalized spacial score (nSPS) is 12.5. The molecule has 0 spiro atoms. The Morgan fingerprint density at radius 3 is 2.29 bits per heavy atom. The molecule has 2 rings (SSSR count). The van der Waals surface area contributed by atoms with Crippen LogP contribution in [-0.4, -0.2) is 0 Å². The Morgan fingerprint density at radius 2 is 1.67 bits per heavy atom. The van der Waals surface area contributed by atoms with E-state index < -0.39 is 17.5 Å². The van der Waals surface area contributed by atoms with Gasteiger partial charge in [0.15, 0.2) is 11.6 Å². The van der Waals surface area contributed by atoms with Crippen molar-refractivity contribution >= 4 is 5.69 Å². The van der Waals surface area contributed by atoms with Crippen LogP contribution in [0.1, 0.15) is 31.9 Å². The van der Waals surface area contributed by atoms with Crippen LogP contribution in [0.15, 0.2) is 42.5 Å². The summed E-state index contributed by atoms with van der Waals surface area (Å²) in [4.78, 5) is 0. The van der Waals surface area contributed by atoms with Gasteiger partial charge in [-0.3, -0.25) is 0 Å². The minimum absolute atomic E-state index is 0.151. The van der Waals surface area contributed by atoms with Crippen LogP contribution in [-0.2, 0) is 0 Å². The lowest BCUT2D eigenvalue weighted by molar-refractivity contribution is 0.490. The van der Waals surface area contributed by atoms with Gasteiger partial charge in [-0.25, -0.2) is 13.2 Å². The lowest BCUT2D eigenvalue weighted by atomic mass is 9.96. The molecule has 2 aromatic carbocycles. The van der Waals surface area contributed by atoms with Crippen LogP contribution < -0.4 is 5.32 Å². The summed E-state index contributed by atoms with van der Waals surface area (Å²) in [5.74, 6) is -2.69. The highest BCUT2D eigenvalue weighted by Gasteiger charge is 2.17. The highest BCUT2D eigenvalue weighted by atomic mass is 19.2. The minimum atomic E-state index is -1.19. The molecule has 0 aliphatic heterocycles. The maximum absolute atomic E-state index is 13.8. The van der Waals surface area contributed by atoms with Gasteiger partial charge in [-0.15, -0.1) is 0 Å². The predicted octanol–water partition coefficient (Wildman–Crippen LogP) is 5.30. The van der Waals surface area contributed by atoms with E-state index in [4.69, 9.17) is 0 Å². The van der Waals surface area contributed by atoms with Crippen molar-refractivity contribution < 1.29 is 13.2 Å². The Hall–Kier alpha value is -1.97. The van der Waals surface area contributed by atoms with Crippen molar-refractivity contribution in [3.05, 3.63) is 65.5 Å². The summed E-state index contributed by atoms with van der Waals surface area (Å²) in [6, 6.07) is 10.8. The first-order valence-electron chi connectivity index (χ1n) is 6.93. The molecule has 0 radical (unpaired) electrons. The number of anilines is 1. The van der Waals surface area contributed by atoms with Gasteiger partial charge in [-0.2, -0.15) is 0 Å². The molecule has 2 aromatic rings. The molecule has 0 aliphatic rings. The van der Waals surface area contributed by atoms with Gasteiger partial charge in [0.1, 0.15) is 5.82 Å². The molecule has 1 unspecified atom stereocenters. The number of hydrogen-bond donors (Lipinski definition) is 1. The van der Waals surface area contributed by atoms with E-state index in [2.05, 4.69) is 5.32 Å². The highest BCUT2D eigenvalue weighted by Crippen LogP contribution is 2.28. The number of benzene rings is 2. The largest absolute Gasteiger partial charge is 0.376 e. The number of halogens is 3. The van der Waals surface area contributed by atoms with Crippen LogP contribution in [0.4, 0.5) is 18.9 Å². The lowest BCUT2D eigenvalue weighted by Crippen LogP contribution is -2.15. The Morgan fingerprint density at radius 1 is 1.00 bits per heavy atom. The second kappa shape index (κ2) is 6.66. The molecule has 0 aromatic heterocycles. The van der Waals surface area contributed by atoms with E-state index in [9.17, 15) is 13.2 Å². The number of hydrogen-bond acceptors (Lipinski definition) is 1. The first-order chi connectivity index (χ1) is 9.97. The third kappa shape index (κ3) is 4.00. The maximum Gasteiger partial charge on any atom is 0.182 e. The third-order valence-electron chi connectivity index (χ3n) is 3.23. The van der Waals surface area contributed by atoms with Gasteiger partial charge in [-0.1, -0.05) is 44.2 Å². The first kappa shape index (κ1) is 15.4. The van der Waals surface area contributed by atoms with Crippen molar-refractivity contribution in [2.75, 3.05) is 5.32 Å². The summed E-state index contributed by atoms with van der Waals surface area (Å²) < 4.78 is 40.4. The predicted molar refractivity (Wildman–Crippen MR) is 78.6 cm³/mol. The van der Waals surface area contributed by atoms with Gasteiger partial charge < -0.3 is 5.32 Å². The molecule has 0 amide bonds. The van der Waals surface area contributed by atoms with Crippen LogP contribution in [0.2, 0.25) is 0 Å². The van der Waals surface area contributed by atoms with Gasteiger partial charge in [0.25, 0.3) is 0 Å². The molecular weight excluding hydrogens is 275 g/mol. The van der Waals surface area contributed by atoms with E-state index in [1.165, 1.54) is 0 Å². The van der Waals surface area contributed by atoms with E-state index in [0.717, 1.165) is 18.1 Å². The Kier molecular flexibility index (Phi) is 4.89. The Labute approximate surface area is 122 Å². The van der Waals surface area contributed by atoms with E-state index in [1.807, 2.05) is 44.2 Å². The van der Waals surface area contributed by atoms with E-state index >= 15 is 0 Å². The Balaban J connectivity index is 2.31. The molecule has 4 heteroatoms. The van der Waals surface area contributed by atoms with E-state index in [-0.39, 0.29) is 11.7 Å². The van der Waals surface area contributed by atoms with Crippen molar-refractivity contribution in [1.29, 1.82) is 0 Å². The molecule has 0 fully saturated rings. The van der Waals surface area contributed by atoms with Gasteiger partial charge in [-0.05, 0) is 17.9 Å². The molecule has 21 heavy (non-hydrogen) atoms. The van der Waals surface area contributed by atoms with E-state index in [0.29, 0.717) is 12.0 Å². The van der Waals surface area contributed by atoms with Crippen molar-refractivity contribution in [3.8, 4) is 0 Å². The fourth-order valence-electron chi connectivity index (χ4n) is 2.28. The monoisotopic (exact) mass is 293 g/mol. The number of nitrogens with one attached hydrogen (secondary N) is 1. The standard InChI is InChI=1S/C17H18F3N/c1-11(2)8-15(12-6-4-3-5-7-12)21-16-10-13(18)9-14(19)17(16)20/h3-7,9-11,15,21H,8H2,1-2H3. The molecule has 0 bridgehead atoms. The van der Waals surface area contributed by atoms with Gasteiger partial charge >= 0.3 is 0 Å². The third-order valence-corrected chi connectivity index (χ3v) is 3.23. The second-order valence-electron chi connectivity index (χ2n) is 5.49. The minimum Gasteiger partial charge on any atom is -0.376 e. The van der Waals surface area contributed by atoms with Gasteiger partial charge in [0.05, 0.1) is 11.7 Å². The van der Waals surface area contributed by atoms with Crippen molar-refractivity contribution in [1.82, 2.24) is 0 Å². The van der Waals surface area contributed by atoms with Crippen molar-refractivity contribution in [3.63, 3.8) is 0 Å². The first-order valence-corrected chi connectivity index (χ1v) is 6.93. The molecule has 1 N–H and O–H groups in total. The van der Waals surface area contributed by atoms with Crippen LogP contribution in [0.5, 0.6) is 0 Å². The smallest absolute Gasteiger partial charge is 0.182 e. The average molecular weight is 293 g/mol. The molecule has 112 valence electrons. The molecule has 0 heterocycles. The highest BCUT2D eigenvalue weighted by molar-refractivity contribution is 5.47. The SMILES string of the molecule is CC(C)CC(Nc1cc(F)cc(F)c1F)c1ccccc1. The summed E-state index contributed by atoms with van der Waals surface area (Å²) >= 11 is 0. The summed E-state index contributed by atoms with van der Waals surface area (Å²) in [6.07, 6.45) is 0.724. The summed E-state index contributed by atoms with van der Waals surface area (Å²) in [5, 5.41) is 2.92. The van der Waals surface area contributed by atoms with Crippen LogP contribution in [0, 0.1) is 23.4 Å². The summed E-state index contributed by atoms with van der Waals surface area (Å²) in [6.45, 7) is 4.08. The zero-order chi connectivity index (χ0) is 15.4. The zero-order valence-electron chi connectivity index (χ0n) is 12.0. The second-order valence-corrected chi connectivity index (χ2v) is 5.49. The molecule has 1 nitrogen and oxygen atoms in total. The Bertz CT molecular complexity index is 596. The van der Waals surface area contributed by atoms with Crippen LogP contribution >= 0.6 is 0 Å². The fraction of sp³-hybridized carbons (Fsp3) is 0.294. The van der Waals surface area contributed by atoms with Gasteiger partial charge in [0.2, 0.25) is 0 Å². The van der Waals surface area contributed by atoms with Crippen molar-refractivity contribution in [2.24, 2.45) is 5.92 Å². The summed E-state index contributed by atoms with van der Waals surface area (Å²) in [5.41, 5.74) is 0.803. The quantitative estimate of drug-likeness (QED) is 0.737. The molecule has 0 saturated carbocycles. The van der Waals surface area contributed by atoms with Crippen molar-refractivity contribution in [2.45, 2.75) is 26.3 Å². The lowest BCUT2D eigenvalue weighted by Gasteiger charge is -2.22. The molecule has 0 saturated heterocycles. The van der Waals surface area contributed by atoms with Crippen LogP contribution in [0.25, 0.3) is 0 Å². The topological polar surface area (TPSA) is 12.0 Å². The average Bonchev–Trinajstić information content (AvgIpc) is 2.44. The number of rotatable bonds is 5. The maximum atomic E-state index is 13.8.